The molecule has 3 fully saturated rings. The van der Waals surface area contributed by atoms with Gasteiger partial charge in [-0.3, -0.25) is 4.90 Å². The van der Waals surface area contributed by atoms with Crippen LogP contribution < -0.4 is 15.1 Å². The molecule has 1 atom stereocenters. The van der Waals surface area contributed by atoms with E-state index < -0.39 is 17.7 Å². The predicted octanol–water partition coefficient (Wildman–Crippen LogP) is 1.35. The molecule has 3 aliphatic heterocycles. The van der Waals surface area contributed by atoms with Crippen molar-refractivity contribution in [2.75, 3.05) is 56.2 Å². The van der Waals surface area contributed by atoms with Gasteiger partial charge in [0.15, 0.2) is 11.6 Å². The Labute approximate surface area is 138 Å². The fourth-order valence-corrected chi connectivity index (χ4v) is 3.57. The van der Waals surface area contributed by atoms with Crippen LogP contribution in [0.25, 0.3) is 0 Å². The van der Waals surface area contributed by atoms with Crippen molar-refractivity contribution in [3.05, 3.63) is 23.8 Å². The van der Waals surface area contributed by atoms with Crippen molar-refractivity contribution in [3.8, 4) is 0 Å². The lowest BCUT2D eigenvalue weighted by molar-refractivity contribution is -0.127. The molecule has 0 radical (unpaired) electrons. The summed E-state index contributed by atoms with van der Waals surface area (Å²) >= 11 is 0. The molecular formula is C16H19F2N3O3. The quantitative estimate of drug-likeness (QED) is 0.897. The second-order valence-electron chi connectivity index (χ2n) is 6.78. The highest BCUT2D eigenvalue weighted by molar-refractivity contribution is 5.90. The van der Waals surface area contributed by atoms with Crippen molar-refractivity contribution < 1.29 is 23.0 Å². The lowest BCUT2D eigenvalue weighted by Gasteiger charge is -2.56. The van der Waals surface area contributed by atoms with Gasteiger partial charge in [0.1, 0.15) is 11.8 Å². The van der Waals surface area contributed by atoms with Crippen LogP contribution in [0, 0.1) is 17.0 Å². The summed E-state index contributed by atoms with van der Waals surface area (Å²) in [6.07, 6.45) is -0.918. The van der Waals surface area contributed by atoms with Gasteiger partial charge in [-0.15, -0.1) is 0 Å². The first-order chi connectivity index (χ1) is 11.5. The third-order valence-electron chi connectivity index (χ3n) is 4.80. The molecule has 0 aliphatic carbocycles. The molecule has 0 saturated carbocycles. The topological polar surface area (TPSA) is 54.0 Å². The molecule has 4 rings (SSSR count). The van der Waals surface area contributed by atoms with E-state index in [4.69, 9.17) is 9.47 Å². The van der Waals surface area contributed by atoms with Crippen LogP contribution in [0.5, 0.6) is 0 Å². The van der Waals surface area contributed by atoms with Crippen LogP contribution in [-0.4, -0.2) is 58.6 Å². The smallest absolute Gasteiger partial charge is 0.414 e. The van der Waals surface area contributed by atoms with Crippen molar-refractivity contribution in [1.82, 2.24) is 5.32 Å². The number of halogens is 2. The molecule has 3 aliphatic rings. The molecule has 0 aromatic heterocycles. The van der Waals surface area contributed by atoms with Crippen molar-refractivity contribution in [2.24, 2.45) is 5.41 Å². The number of likely N-dealkylation sites (N-methyl/N-ethyl adjacent to an activating group) is 1. The van der Waals surface area contributed by atoms with Crippen LogP contribution in [0.3, 0.4) is 0 Å². The van der Waals surface area contributed by atoms with Gasteiger partial charge in [-0.05, 0) is 7.05 Å². The maximum Gasteiger partial charge on any atom is 0.414 e. The Morgan fingerprint density at radius 3 is 2.50 bits per heavy atom. The zero-order chi connectivity index (χ0) is 16.9. The molecule has 3 heterocycles. The molecule has 24 heavy (non-hydrogen) atoms. The van der Waals surface area contributed by atoms with E-state index in [1.165, 1.54) is 17.0 Å². The Kier molecular flexibility index (Phi) is 3.61. The first-order valence-corrected chi connectivity index (χ1v) is 7.96. The molecule has 0 bridgehead atoms. The second-order valence-corrected chi connectivity index (χ2v) is 6.78. The number of anilines is 2. The molecule has 1 aromatic rings. The molecule has 1 spiro atoms. The fraction of sp³-hybridized carbons (Fsp3) is 0.562. The molecule has 6 nitrogen and oxygen atoms in total. The number of hydrogen-bond donors (Lipinski definition) is 1. The number of nitrogens with zero attached hydrogens (tertiary/aromatic N) is 2. The van der Waals surface area contributed by atoms with E-state index in [2.05, 4.69) is 5.32 Å². The maximum absolute atomic E-state index is 14.5. The van der Waals surface area contributed by atoms with E-state index in [-0.39, 0.29) is 29.4 Å². The van der Waals surface area contributed by atoms with Crippen LogP contribution in [0.15, 0.2) is 12.1 Å². The average molecular weight is 339 g/mol. The van der Waals surface area contributed by atoms with Gasteiger partial charge >= 0.3 is 6.09 Å². The van der Waals surface area contributed by atoms with E-state index in [0.717, 1.165) is 0 Å². The highest BCUT2D eigenvalue weighted by Crippen LogP contribution is 2.42. The number of ether oxygens (including phenoxy) is 2. The minimum atomic E-state index is -0.662. The predicted molar refractivity (Wildman–Crippen MR) is 83.4 cm³/mol. The Bertz CT molecular complexity index is 650. The summed E-state index contributed by atoms with van der Waals surface area (Å²) < 4.78 is 39.3. The molecule has 1 aromatic carbocycles. The van der Waals surface area contributed by atoms with Gasteiger partial charge in [-0.25, -0.2) is 13.6 Å². The van der Waals surface area contributed by atoms with Gasteiger partial charge in [0.25, 0.3) is 0 Å². The van der Waals surface area contributed by atoms with Crippen molar-refractivity contribution in [3.63, 3.8) is 0 Å². The number of cyclic esters (lactones) is 1. The molecular weight excluding hydrogens is 320 g/mol. The SMILES string of the molecule is CNCC1CN(c2cc(F)c(N3CC4(COC4)C3)c(F)c2)C(=O)O1. The van der Waals surface area contributed by atoms with Gasteiger partial charge in [0, 0.05) is 31.8 Å². The van der Waals surface area contributed by atoms with E-state index >= 15 is 0 Å². The third kappa shape index (κ3) is 2.41. The van der Waals surface area contributed by atoms with Gasteiger partial charge in [0.2, 0.25) is 0 Å². The van der Waals surface area contributed by atoms with Crippen LogP contribution in [0.2, 0.25) is 0 Å². The molecule has 3 saturated heterocycles. The summed E-state index contributed by atoms with van der Waals surface area (Å²) in [5.74, 6) is -1.32. The van der Waals surface area contributed by atoms with Crippen molar-refractivity contribution in [1.29, 1.82) is 0 Å². The maximum atomic E-state index is 14.5. The molecule has 1 unspecified atom stereocenters. The average Bonchev–Trinajstić information content (AvgIpc) is 2.79. The summed E-state index contributed by atoms with van der Waals surface area (Å²) in [5.41, 5.74) is 0.214. The van der Waals surface area contributed by atoms with Gasteiger partial charge in [-0.1, -0.05) is 0 Å². The van der Waals surface area contributed by atoms with Crippen LogP contribution in [0.1, 0.15) is 0 Å². The molecule has 1 amide bonds. The number of nitrogens with one attached hydrogen (secondary N) is 1. The third-order valence-corrected chi connectivity index (χ3v) is 4.80. The zero-order valence-corrected chi connectivity index (χ0v) is 13.3. The minimum Gasteiger partial charge on any atom is -0.443 e. The van der Waals surface area contributed by atoms with Crippen molar-refractivity contribution >= 4 is 17.5 Å². The monoisotopic (exact) mass is 339 g/mol. The number of benzene rings is 1. The Hall–Kier alpha value is -1.93. The largest absolute Gasteiger partial charge is 0.443 e. The molecule has 1 N–H and O–H groups in total. The Morgan fingerprint density at radius 2 is 1.96 bits per heavy atom. The van der Waals surface area contributed by atoms with E-state index in [1.807, 2.05) is 0 Å². The van der Waals surface area contributed by atoms with Crippen molar-refractivity contribution in [2.45, 2.75) is 6.10 Å². The van der Waals surface area contributed by atoms with Gasteiger partial charge in [0.05, 0.1) is 30.9 Å². The normalized spacial score (nSPS) is 24.8. The minimum absolute atomic E-state index is 0.0318. The summed E-state index contributed by atoms with van der Waals surface area (Å²) in [6, 6.07) is 2.40. The van der Waals surface area contributed by atoms with Gasteiger partial charge < -0.3 is 19.7 Å². The van der Waals surface area contributed by atoms with Crippen LogP contribution >= 0.6 is 0 Å². The summed E-state index contributed by atoms with van der Waals surface area (Å²) in [5, 5.41) is 2.91. The zero-order valence-electron chi connectivity index (χ0n) is 13.3. The summed E-state index contributed by atoms with van der Waals surface area (Å²) in [4.78, 5) is 14.8. The number of carbonyl (C=O) groups is 1. The number of carbonyl (C=O) groups excluding carboxylic acids is 1. The van der Waals surface area contributed by atoms with Crippen LogP contribution in [-0.2, 0) is 9.47 Å². The highest BCUT2D eigenvalue weighted by atomic mass is 19.1. The Morgan fingerprint density at radius 1 is 1.29 bits per heavy atom. The summed E-state index contributed by atoms with van der Waals surface area (Å²) in [6.45, 7) is 3.24. The number of hydrogen-bond acceptors (Lipinski definition) is 5. The lowest BCUT2D eigenvalue weighted by atomic mass is 9.77. The highest BCUT2D eigenvalue weighted by Gasteiger charge is 2.50. The number of amides is 1. The Balaban J connectivity index is 1.53. The lowest BCUT2D eigenvalue weighted by Crippen LogP contribution is -2.66. The van der Waals surface area contributed by atoms with Gasteiger partial charge in [-0.2, -0.15) is 0 Å². The van der Waals surface area contributed by atoms with E-state index in [0.29, 0.717) is 32.8 Å². The molecule has 130 valence electrons. The first-order valence-electron chi connectivity index (χ1n) is 7.96. The van der Waals surface area contributed by atoms with E-state index in [9.17, 15) is 13.6 Å². The van der Waals surface area contributed by atoms with E-state index in [1.54, 1.807) is 11.9 Å². The fourth-order valence-electron chi connectivity index (χ4n) is 3.57. The summed E-state index contributed by atoms with van der Waals surface area (Å²) in [7, 11) is 1.75. The van der Waals surface area contributed by atoms with Crippen LogP contribution in [0.4, 0.5) is 25.0 Å². The standard InChI is InChI=1S/C16H19F2N3O3/c1-19-4-11-5-21(15(22)24-11)10-2-12(17)14(13(18)3-10)20-6-16(7-20)8-23-9-16/h2-3,11,19H,4-9H2,1H3. The molecule has 8 heteroatoms. The first kappa shape index (κ1) is 15.6. The number of rotatable bonds is 4. The second kappa shape index (κ2) is 5.56.